The van der Waals surface area contributed by atoms with Crippen molar-refractivity contribution in [2.24, 2.45) is 11.8 Å². The first-order valence-corrected chi connectivity index (χ1v) is 7.42. The highest BCUT2D eigenvalue weighted by Crippen LogP contribution is 2.40. The zero-order chi connectivity index (χ0) is 13.4. The van der Waals surface area contributed by atoms with Crippen LogP contribution < -0.4 is 5.32 Å². The van der Waals surface area contributed by atoms with Gasteiger partial charge < -0.3 is 9.73 Å². The average Bonchev–Trinajstić information content (AvgIpc) is 2.98. The molecule has 0 bridgehead atoms. The molecule has 19 heavy (non-hydrogen) atoms. The molecular formula is C16H20ClNO. The van der Waals surface area contributed by atoms with Crippen molar-refractivity contribution in [3.05, 3.63) is 35.0 Å². The fraction of sp³-hybridized carbons (Fsp3) is 0.500. The van der Waals surface area contributed by atoms with E-state index in [1.807, 2.05) is 19.2 Å². The molecule has 0 aliphatic heterocycles. The normalized spacial score (nSPS) is 25.0. The third-order valence-corrected chi connectivity index (χ3v) is 4.64. The maximum atomic E-state index is 6.19. The lowest BCUT2D eigenvalue weighted by atomic mass is 9.95. The van der Waals surface area contributed by atoms with Gasteiger partial charge in [-0.15, -0.1) is 0 Å². The Bertz CT molecular complexity index is 577. The van der Waals surface area contributed by atoms with Gasteiger partial charge in [-0.25, -0.2) is 0 Å². The second-order valence-corrected chi connectivity index (χ2v) is 6.16. The molecule has 3 atom stereocenters. The van der Waals surface area contributed by atoms with Gasteiger partial charge in [-0.3, -0.25) is 0 Å². The van der Waals surface area contributed by atoms with Crippen LogP contribution >= 0.6 is 11.6 Å². The predicted molar refractivity (Wildman–Crippen MR) is 79.5 cm³/mol. The average molecular weight is 278 g/mol. The summed E-state index contributed by atoms with van der Waals surface area (Å²) in [5.41, 5.74) is 0.811. The molecule has 0 radical (unpaired) electrons. The molecule has 0 amide bonds. The van der Waals surface area contributed by atoms with E-state index in [2.05, 4.69) is 24.4 Å². The Kier molecular flexibility index (Phi) is 3.55. The summed E-state index contributed by atoms with van der Waals surface area (Å²) < 4.78 is 6.01. The van der Waals surface area contributed by atoms with E-state index >= 15 is 0 Å². The molecule has 1 aliphatic carbocycles. The molecule has 2 nitrogen and oxygen atoms in total. The number of para-hydroxylation sites is 1. The van der Waals surface area contributed by atoms with Crippen molar-refractivity contribution in [1.82, 2.24) is 5.32 Å². The van der Waals surface area contributed by atoms with Gasteiger partial charge in [0.15, 0.2) is 5.58 Å². The summed E-state index contributed by atoms with van der Waals surface area (Å²) in [6.07, 6.45) is 3.87. The first-order chi connectivity index (χ1) is 9.19. The van der Waals surface area contributed by atoms with Crippen molar-refractivity contribution in [2.45, 2.75) is 32.2 Å². The van der Waals surface area contributed by atoms with Crippen LogP contribution in [0.1, 0.15) is 38.0 Å². The largest absolute Gasteiger partial charge is 0.458 e. The van der Waals surface area contributed by atoms with Crippen molar-refractivity contribution in [3.8, 4) is 0 Å². The van der Waals surface area contributed by atoms with Crippen molar-refractivity contribution < 1.29 is 4.42 Å². The van der Waals surface area contributed by atoms with Gasteiger partial charge in [0.05, 0.1) is 11.1 Å². The summed E-state index contributed by atoms with van der Waals surface area (Å²) in [7, 11) is 2.02. The van der Waals surface area contributed by atoms with Crippen molar-refractivity contribution in [2.75, 3.05) is 7.05 Å². The lowest BCUT2D eigenvalue weighted by Crippen LogP contribution is -2.23. The Morgan fingerprint density at radius 3 is 2.84 bits per heavy atom. The van der Waals surface area contributed by atoms with Crippen LogP contribution in [0.3, 0.4) is 0 Å². The number of furan rings is 1. The minimum atomic E-state index is 0.299. The van der Waals surface area contributed by atoms with Crippen LogP contribution in [0.15, 0.2) is 28.7 Å². The number of hydrogen-bond acceptors (Lipinski definition) is 2. The maximum absolute atomic E-state index is 6.19. The third kappa shape index (κ3) is 2.39. The lowest BCUT2D eigenvalue weighted by molar-refractivity contribution is 0.330. The van der Waals surface area contributed by atoms with E-state index in [4.69, 9.17) is 16.0 Å². The third-order valence-electron chi connectivity index (χ3n) is 4.34. The van der Waals surface area contributed by atoms with Crippen LogP contribution in [0.25, 0.3) is 11.0 Å². The van der Waals surface area contributed by atoms with Crippen LogP contribution in [0.4, 0.5) is 0 Å². The number of hydrogen-bond donors (Lipinski definition) is 1. The second kappa shape index (κ2) is 5.18. The van der Waals surface area contributed by atoms with Gasteiger partial charge in [0, 0.05) is 5.39 Å². The molecule has 1 aromatic heterocycles. The number of benzene rings is 1. The molecule has 3 heteroatoms. The molecule has 3 unspecified atom stereocenters. The zero-order valence-corrected chi connectivity index (χ0v) is 12.2. The fourth-order valence-electron chi connectivity index (χ4n) is 3.36. The standard InChI is InChI=1S/C16H20ClNO/c1-10-6-7-11(8-10)15(18-2)14-9-12-4-3-5-13(17)16(12)19-14/h3-5,9-11,15,18H,6-8H2,1-2H3. The molecular weight excluding hydrogens is 258 g/mol. The Balaban J connectivity index is 1.95. The van der Waals surface area contributed by atoms with Crippen LogP contribution in [0, 0.1) is 11.8 Å². The predicted octanol–water partition coefficient (Wildman–Crippen LogP) is 4.78. The van der Waals surface area contributed by atoms with Crippen molar-refractivity contribution in [3.63, 3.8) is 0 Å². The summed E-state index contributed by atoms with van der Waals surface area (Å²) in [4.78, 5) is 0. The molecule has 0 spiro atoms. The Morgan fingerprint density at radius 2 is 2.21 bits per heavy atom. The number of halogens is 1. The van der Waals surface area contributed by atoms with E-state index in [1.54, 1.807) is 0 Å². The summed E-state index contributed by atoms with van der Waals surface area (Å²) in [6, 6.07) is 8.33. The molecule has 1 fully saturated rings. The van der Waals surface area contributed by atoms with Crippen LogP contribution in [0.5, 0.6) is 0 Å². The minimum Gasteiger partial charge on any atom is -0.458 e. The molecule has 102 valence electrons. The monoisotopic (exact) mass is 277 g/mol. The van der Waals surface area contributed by atoms with Crippen molar-refractivity contribution >= 4 is 22.6 Å². The number of fused-ring (bicyclic) bond motifs is 1. The summed E-state index contributed by atoms with van der Waals surface area (Å²) in [5, 5.41) is 5.21. The van der Waals surface area contributed by atoms with E-state index < -0.39 is 0 Å². The van der Waals surface area contributed by atoms with Crippen LogP contribution in [-0.4, -0.2) is 7.05 Å². The quantitative estimate of drug-likeness (QED) is 0.873. The Labute approximate surface area is 119 Å². The van der Waals surface area contributed by atoms with E-state index in [0.717, 1.165) is 22.6 Å². The smallest absolute Gasteiger partial charge is 0.152 e. The van der Waals surface area contributed by atoms with Gasteiger partial charge in [0.2, 0.25) is 0 Å². The van der Waals surface area contributed by atoms with Gasteiger partial charge >= 0.3 is 0 Å². The molecule has 1 aromatic carbocycles. The summed E-state index contributed by atoms with van der Waals surface area (Å²) >= 11 is 6.19. The van der Waals surface area contributed by atoms with E-state index in [9.17, 15) is 0 Å². The molecule has 1 N–H and O–H groups in total. The van der Waals surface area contributed by atoms with E-state index in [-0.39, 0.29) is 0 Å². The van der Waals surface area contributed by atoms with Gasteiger partial charge in [-0.2, -0.15) is 0 Å². The highest BCUT2D eigenvalue weighted by Gasteiger charge is 2.31. The second-order valence-electron chi connectivity index (χ2n) is 5.75. The minimum absolute atomic E-state index is 0.299. The Morgan fingerprint density at radius 1 is 1.37 bits per heavy atom. The molecule has 0 saturated heterocycles. The molecule has 2 aromatic rings. The zero-order valence-electron chi connectivity index (χ0n) is 11.4. The summed E-state index contributed by atoms with van der Waals surface area (Å²) in [5.74, 6) is 2.51. The van der Waals surface area contributed by atoms with Gasteiger partial charge in [0.25, 0.3) is 0 Å². The first kappa shape index (κ1) is 13.0. The Hall–Kier alpha value is -0.990. The molecule has 1 aliphatic rings. The molecule has 1 heterocycles. The number of nitrogens with one attached hydrogen (secondary N) is 1. The topological polar surface area (TPSA) is 25.2 Å². The maximum Gasteiger partial charge on any atom is 0.152 e. The van der Waals surface area contributed by atoms with Crippen LogP contribution in [-0.2, 0) is 0 Å². The molecule has 1 saturated carbocycles. The van der Waals surface area contributed by atoms with E-state index in [0.29, 0.717) is 17.0 Å². The fourth-order valence-corrected chi connectivity index (χ4v) is 3.59. The number of rotatable bonds is 3. The van der Waals surface area contributed by atoms with Gasteiger partial charge in [-0.05, 0) is 43.9 Å². The lowest BCUT2D eigenvalue weighted by Gasteiger charge is -2.20. The van der Waals surface area contributed by atoms with E-state index in [1.165, 1.54) is 19.3 Å². The summed E-state index contributed by atoms with van der Waals surface area (Å²) in [6.45, 7) is 2.34. The highest BCUT2D eigenvalue weighted by molar-refractivity contribution is 6.34. The van der Waals surface area contributed by atoms with Crippen molar-refractivity contribution in [1.29, 1.82) is 0 Å². The highest BCUT2D eigenvalue weighted by atomic mass is 35.5. The van der Waals surface area contributed by atoms with Crippen LogP contribution in [0.2, 0.25) is 5.02 Å². The molecule has 3 rings (SSSR count). The SMILES string of the molecule is CNC(c1cc2cccc(Cl)c2o1)C1CCC(C)C1. The van der Waals surface area contributed by atoms with Gasteiger partial charge in [-0.1, -0.05) is 37.1 Å². The van der Waals surface area contributed by atoms with Gasteiger partial charge in [0.1, 0.15) is 5.76 Å². The first-order valence-electron chi connectivity index (χ1n) is 7.04.